The largest absolute Gasteiger partial charge is 0.326 e. The SMILES string of the molecule is Cc1c(Br)cc(CN)cc1S(=O)(=O)N1CCCC(C)(C)C1. The van der Waals surface area contributed by atoms with Gasteiger partial charge in [0, 0.05) is 24.1 Å². The minimum atomic E-state index is -3.47. The molecule has 4 nitrogen and oxygen atoms in total. The third kappa shape index (κ3) is 3.50. The van der Waals surface area contributed by atoms with Crippen LogP contribution in [0.25, 0.3) is 0 Å². The first kappa shape index (κ1) is 16.9. The van der Waals surface area contributed by atoms with Crippen molar-refractivity contribution < 1.29 is 8.42 Å². The molecule has 1 aromatic rings. The smallest absolute Gasteiger partial charge is 0.243 e. The molecule has 1 saturated heterocycles. The second-order valence-corrected chi connectivity index (χ2v) is 9.27. The van der Waals surface area contributed by atoms with E-state index in [2.05, 4.69) is 29.8 Å². The van der Waals surface area contributed by atoms with Gasteiger partial charge in [-0.1, -0.05) is 29.8 Å². The minimum Gasteiger partial charge on any atom is -0.326 e. The van der Waals surface area contributed by atoms with Crippen LogP contribution in [0.4, 0.5) is 0 Å². The second kappa shape index (κ2) is 5.99. The van der Waals surface area contributed by atoms with Crippen molar-refractivity contribution in [2.45, 2.75) is 45.1 Å². The highest BCUT2D eigenvalue weighted by Crippen LogP contribution is 2.34. The fraction of sp³-hybridized carbons (Fsp3) is 0.600. The van der Waals surface area contributed by atoms with E-state index >= 15 is 0 Å². The van der Waals surface area contributed by atoms with E-state index in [1.807, 2.05) is 13.0 Å². The summed E-state index contributed by atoms with van der Waals surface area (Å²) < 4.78 is 28.4. The highest BCUT2D eigenvalue weighted by molar-refractivity contribution is 9.10. The summed E-state index contributed by atoms with van der Waals surface area (Å²) in [5, 5.41) is 0. The molecule has 0 atom stereocenters. The molecule has 2 N–H and O–H groups in total. The van der Waals surface area contributed by atoms with Crippen LogP contribution in [0.15, 0.2) is 21.5 Å². The molecule has 0 aliphatic carbocycles. The summed E-state index contributed by atoms with van der Waals surface area (Å²) in [6.45, 7) is 7.55. The number of piperidine rings is 1. The van der Waals surface area contributed by atoms with E-state index in [0.717, 1.165) is 28.4 Å². The lowest BCUT2D eigenvalue weighted by Crippen LogP contribution is -2.43. The fourth-order valence-corrected chi connectivity index (χ4v) is 5.41. The standard InChI is InChI=1S/C15H23BrN2O2S/c1-11-13(16)7-12(9-17)8-14(11)21(19,20)18-6-4-5-15(2,3)10-18/h7-8H,4-6,9-10,17H2,1-3H3. The fourth-order valence-electron chi connectivity index (χ4n) is 2.81. The number of rotatable bonds is 3. The number of benzene rings is 1. The van der Waals surface area contributed by atoms with Crippen molar-refractivity contribution >= 4 is 26.0 Å². The van der Waals surface area contributed by atoms with Gasteiger partial charge in [-0.15, -0.1) is 0 Å². The van der Waals surface area contributed by atoms with Gasteiger partial charge in [-0.25, -0.2) is 8.42 Å². The molecule has 1 aliphatic rings. The van der Waals surface area contributed by atoms with Crippen LogP contribution < -0.4 is 5.73 Å². The number of hydrogen-bond donors (Lipinski definition) is 1. The van der Waals surface area contributed by atoms with Gasteiger partial charge in [0.2, 0.25) is 10.0 Å². The molecule has 21 heavy (non-hydrogen) atoms. The Balaban J connectivity index is 2.47. The number of nitrogens with two attached hydrogens (primary N) is 1. The number of halogens is 1. The van der Waals surface area contributed by atoms with Crippen molar-refractivity contribution in [3.05, 3.63) is 27.7 Å². The Bertz CT molecular complexity index is 641. The first-order chi connectivity index (χ1) is 9.67. The predicted molar refractivity (Wildman–Crippen MR) is 88.5 cm³/mol. The summed E-state index contributed by atoms with van der Waals surface area (Å²) in [5.74, 6) is 0. The van der Waals surface area contributed by atoms with Crippen LogP contribution in [0.5, 0.6) is 0 Å². The molecular weight excluding hydrogens is 352 g/mol. The van der Waals surface area contributed by atoms with E-state index in [1.54, 1.807) is 10.4 Å². The number of nitrogens with zero attached hydrogens (tertiary/aromatic N) is 1. The molecule has 118 valence electrons. The lowest BCUT2D eigenvalue weighted by molar-refractivity contribution is 0.187. The summed E-state index contributed by atoms with van der Waals surface area (Å²) in [5.41, 5.74) is 7.27. The Morgan fingerprint density at radius 3 is 2.62 bits per heavy atom. The van der Waals surface area contributed by atoms with Gasteiger partial charge in [-0.3, -0.25) is 0 Å². The molecular formula is C15H23BrN2O2S. The molecule has 1 fully saturated rings. The molecule has 0 amide bonds. The molecule has 1 heterocycles. The third-order valence-corrected chi connectivity index (χ3v) is 6.87. The number of sulfonamides is 1. The van der Waals surface area contributed by atoms with E-state index < -0.39 is 10.0 Å². The van der Waals surface area contributed by atoms with Gasteiger partial charge >= 0.3 is 0 Å². The Kier molecular flexibility index (Phi) is 4.83. The average molecular weight is 375 g/mol. The normalized spacial score (nSPS) is 19.7. The molecule has 0 unspecified atom stereocenters. The molecule has 0 bridgehead atoms. The first-order valence-electron chi connectivity index (χ1n) is 7.17. The maximum absolute atomic E-state index is 13.0. The topological polar surface area (TPSA) is 63.4 Å². The summed E-state index contributed by atoms with van der Waals surface area (Å²) in [7, 11) is -3.47. The van der Waals surface area contributed by atoms with Crippen molar-refractivity contribution in [2.75, 3.05) is 13.1 Å². The van der Waals surface area contributed by atoms with Gasteiger partial charge in [0.1, 0.15) is 0 Å². The Hall–Kier alpha value is -0.430. The van der Waals surface area contributed by atoms with E-state index in [9.17, 15) is 8.42 Å². The van der Waals surface area contributed by atoms with Crippen molar-refractivity contribution in [2.24, 2.45) is 11.1 Å². The summed E-state index contributed by atoms with van der Waals surface area (Å²) in [4.78, 5) is 0.370. The maximum Gasteiger partial charge on any atom is 0.243 e. The summed E-state index contributed by atoms with van der Waals surface area (Å²) in [6.07, 6.45) is 1.97. The molecule has 1 aromatic carbocycles. The summed E-state index contributed by atoms with van der Waals surface area (Å²) in [6, 6.07) is 3.59. The molecule has 0 aromatic heterocycles. The van der Waals surface area contributed by atoms with Crippen molar-refractivity contribution in [3.63, 3.8) is 0 Å². The summed E-state index contributed by atoms with van der Waals surface area (Å²) >= 11 is 3.44. The average Bonchev–Trinajstić information content (AvgIpc) is 2.40. The molecule has 0 radical (unpaired) electrons. The zero-order valence-corrected chi connectivity index (χ0v) is 15.2. The third-order valence-electron chi connectivity index (χ3n) is 4.08. The van der Waals surface area contributed by atoms with Gasteiger partial charge in [0.15, 0.2) is 0 Å². The predicted octanol–water partition coefficient (Wildman–Crippen LogP) is 3.03. The Morgan fingerprint density at radius 1 is 1.38 bits per heavy atom. The van der Waals surface area contributed by atoms with Crippen LogP contribution in [0.3, 0.4) is 0 Å². The van der Waals surface area contributed by atoms with Crippen LogP contribution in [0.1, 0.15) is 37.8 Å². The zero-order chi connectivity index (χ0) is 15.8. The van der Waals surface area contributed by atoms with E-state index in [4.69, 9.17) is 5.73 Å². The van der Waals surface area contributed by atoms with E-state index in [1.165, 1.54) is 0 Å². The molecule has 0 saturated carbocycles. The minimum absolute atomic E-state index is 0.0297. The quantitative estimate of drug-likeness (QED) is 0.883. The molecule has 6 heteroatoms. The van der Waals surface area contributed by atoms with Crippen LogP contribution in [0, 0.1) is 12.3 Å². The van der Waals surface area contributed by atoms with Crippen LogP contribution >= 0.6 is 15.9 Å². The molecule has 1 aliphatic heterocycles. The van der Waals surface area contributed by atoms with Crippen molar-refractivity contribution in [1.82, 2.24) is 4.31 Å². The highest BCUT2D eigenvalue weighted by atomic mass is 79.9. The monoisotopic (exact) mass is 374 g/mol. The van der Waals surface area contributed by atoms with Gasteiger partial charge in [0.25, 0.3) is 0 Å². The lowest BCUT2D eigenvalue weighted by Gasteiger charge is -2.37. The van der Waals surface area contributed by atoms with Gasteiger partial charge in [-0.2, -0.15) is 4.31 Å². The van der Waals surface area contributed by atoms with E-state index in [-0.39, 0.29) is 5.41 Å². The van der Waals surface area contributed by atoms with Crippen molar-refractivity contribution in [3.8, 4) is 0 Å². The number of hydrogen-bond acceptors (Lipinski definition) is 3. The maximum atomic E-state index is 13.0. The van der Waals surface area contributed by atoms with Gasteiger partial charge in [0.05, 0.1) is 4.90 Å². The second-order valence-electron chi connectivity index (χ2n) is 6.51. The van der Waals surface area contributed by atoms with Gasteiger partial charge in [-0.05, 0) is 48.4 Å². The van der Waals surface area contributed by atoms with Crippen LogP contribution in [0.2, 0.25) is 0 Å². The molecule has 2 rings (SSSR count). The van der Waals surface area contributed by atoms with Crippen LogP contribution in [-0.4, -0.2) is 25.8 Å². The van der Waals surface area contributed by atoms with Crippen molar-refractivity contribution in [1.29, 1.82) is 0 Å². The first-order valence-corrected chi connectivity index (χ1v) is 9.40. The lowest BCUT2D eigenvalue weighted by atomic mass is 9.85. The van der Waals surface area contributed by atoms with Crippen LogP contribution in [-0.2, 0) is 16.6 Å². The highest BCUT2D eigenvalue weighted by Gasteiger charge is 2.35. The van der Waals surface area contributed by atoms with E-state index in [0.29, 0.717) is 24.5 Å². The van der Waals surface area contributed by atoms with Gasteiger partial charge < -0.3 is 5.73 Å². The Morgan fingerprint density at radius 2 is 2.05 bits per heavy atom. The zero-order valence-electron chi connectivity index (χ0n) is 12.8. The molecule has 0 spiro atoms. The Labute approximate surface area is 135 Å².